The van der Waals surface area contributed by atoms with Gasteiger partial charge in [0.2, 0.25) is 0 Å². The summed E-state index contributed by atoms with van der Waals surface area (Å²) in [6.07, 6.45) is 13.9. The van der Waals surface area contributed by atoms with Crippen LogP contribution in [0.1, 0.15) is 90.0 Å². The molecule has 0 aliphatic heterocycles. The maximum atomic E-state index is 11.5. The highest BCUT2D eigenvalue weighted by molar-refractivity contribution is 5.69. The number of rotatable bonds is 25. The summed E-state index contributed by atoms with van der Waals surface area (Å²) in [6.45, 7) is 8.18. The summed E-state index contributed by atoms with van der Waals surface area (Å²) in [7, 11) is 0. The molecule has 0 spiro atoms. The van der Waals surface area contributed by atoms with E-state index >= 15 is 0 Å². The third-order valence-corrected chi connectivity index (χ3v) is 5.71. The Kier molecular flexibility index (Phi) is 21.6. The number of unbranched alkanes of at least 4 members (excludes halogenated alkanes) is 8. The molecule has 0 atom stereocenters. The maximum absolute atomic E-state index is 11.5. The average Bonchev–Trinajstić information content (AvgIpc) is 2.87. The first-order valence-corrected chi connectivity index (χ1v) is 13.9. The van der Waals surface area contributed by atoms with E-state index in [4.69, 9.17) is 23.7 Å². The van der Waals surface area contributed by atoms with E-state index in [9.17, 15) is 4.79 Å². The van der Waals surface area contributed by atoms with Crippen molar-refractivity contribution in [2.75, 3.05) is 52.9 Å². The van der Waals surface area contributed by atoms with E-state index < -0.39 is 0 Å². The zero-order valence-corrected chi connectivity index (χ0v) is 22.4. The van der Waals surface area contributed by atoms with E-state index in [0.29, 0.717) is 59.3 Å². The molecule has 1 aromatic carbocycles. The van der Waals surface area contributed by atoms with E-state index in [2.05, 4.69) is 26.0 Å². The Balaban J connectivity index is 1.84. The average molecular weight is 495 g/mol. The van der Waals surface area contributed by atoms with Crippen LogP contribution in [-0.2, 0) is 30.2 Å². The van der Waals surface area contributed by atoms with Gasteiger partial charge < -0.3 is 23.7 Å². The van der Waals surface area contributed by atoms with Gasteiger partial charge in [0.15, 0.2) is 0 Å². The summed E-state index contributed by atoms with van der Waals surface area (Å²) in [4.78, 5) is 11.5. The van der Waals surface area contributed by atoms with Crippen LogP contribution in [0.4, 0.5) is 0 Å². The minimum atomic E-state index is -0.136. The highest BCUT2D eigenvalue weighted by Crippen LogP contribution is 2.15. The number of hydrogen-bond acceptors (Lipinski definition) is 6. The highest BCUT2D eigenvalue weighted by atomic mass is 16.6. The number of ether oxygens (including phenoxy) is 5. The molecule has 0 aromatic heterocycles. The summed E-state index contributed by atoms with van der Waals surface area (Å²) < 4.78 is 27.3. The number of carbonyl (C=O) groups is 1. The van der Waals surface area contributed by atoms with Gasteiger partial charge in [-0.25, -0.2) is 0 Å². The Morgan fingerprint density at radius 2 is 1.11 bits per heavy atom. The molecule has 0 N–H and O–H groups in total. The van der Waals surface area contributed by atoms with Crippen LogP contribution in [-0.4, -0.2) is 58.8 Å². The van der Waals surface area contributed by atoms with E-state index in [1.807, 2.05) is 12.1 Å². The Labute approximate surface area is 214 Å². The van der Waals surface area contributed by atoms with Crippen LogP contribution in [0.25, 0.3) is 0 Å². The third kappa shape index (κ3) is 20.3. The van der Waals surface area contributed by atoms with Crippen molar-refractivity contribution in [2.24, 2.45) is 0 Å². The van der Waals surface area contributed by atoms with Gasteiger partial charge in [-0.15, -0.1) is 0 Å². The second-order valence-corrected chi connectivity index (χ2v) is 8.88. The van der Waals surface area contributed by atoms with Gasteiger partial charge in [0, 0.05) is 6.42 Å². The summed E-state index contributed by atoms with van der Waals surface area (Å²) in [5.74, 6) is 0.749. The Bertz CT molecular complexity index is 589. The van der Waals surface area contributed by atoms with Crippen LogP contribution in [0.2, 0.25) is 0 Å². The van der Waals surface area contributed by atoms with Crippen molar-refractivity contribution in [1.82, 2.24) is 0 Å². The summed E-state index contributed by atoms with van der Waals surface area (Å²) >= 11 is 0. The van der Waals surface area contributed by atoms with E-state index in [1.54, 1.807) is 0 Å². The molecule has 0 radical (unpaired) electrons. The Hall–Kier alpha value is -1.63. The molecule has 6 heteroatoms. The molecular formula is C29H50O6. The van der Waals surface area contributed by atoms with E-state index in [0.717, 1.165) is 25.0 Å². The van der Waals surface area contributed by atoms with Gasteiger partial charge >= 0.3 is 5.97 Å². The monoisotopic (exact) mass is 494 g/mol. The van der Waals surface area contributed by atoms with Crippen molar-refractivity contribution in [3.63, 3.8) is 0 Å². The fraction of sp³-hybridized carbons (Fsp3) is 0.759. The van der Waals surface area contributed by atoms with Crippen molar-refractivity contribution < 1.29 is 28.5 Å². The van der Waals surface area contributed by atoms with Crippen LogP contribution >= 0.6 is 0 Å². The molecule has 0 heterocycles. The highest BCUT2D eigenvalue weighted by Gasteiger charge is 2.02. The number of aryl methyl sites for hydroxylation is 1. The molecule has 1 rings (SSSR count). The Morgan fingerprint density at radius 1 is 0.600 bits per heavy atom. The molecule has 0 unspecified atom stereocenters. The molecule has 202 valence electrons. The Morgan fingerprint density at radius 3 is 1.74 bits per heavy atom. The molecule has 1 aromatic rings. The first-order chi connectivity index (χ1) is 17.3. The minimum Gasteiger partial charge on any atom is -0.491 e. The lowest BCUT2D eigenvalue weighted by molar-refractivity contribution is -0.145. The predicted octanol–water partition coefficient (Wildman–Crippen LogP) is 6.53. The number of hydrogen-bond donors (Lipinski definition) is 0. The zero-order valence-electron chi connectivity index (χ0n) is 22.4. The van der Waals surface area contributed by atoms with Crippen molar-refractivity contribution in [2.45, 2.75) is 90.9 Å². The molecule has 0 saturated carbocycles. The van der Waals surface area contributed by atoms with Gasteiger partial charge in [0.25, 0.3) is 0 Å². The first kappa shape index (κ1) is 31.4. The minimum absolute atomic E-state index is 0.136. The number of esters is 1. The summed E-state index contributed by atoms with van der Waals surface area (Å²) in [6, 6.07) is 8.42. The van der Waals surface area contributed by atoms with Crippen molar-refractivity contribution >= 4 is 5.97 Å². The molecule has 0 fully saturated rings. The largest absolute Gasteiger partial charge is 0.491 e. The predicted molar refractivity (Wildman–Crippen MR) is 141 cm³/mol. The van der Waals surface area contributed by atoms with E-state index in [-0.39, 0.29) is 5.97 Å². The number of benzene rings is 1. The molecule has 0 aliphatic carbocycles. The fourth-order valence-corrected chi connectivity index (χ4v) is 3.60. The van der Waals surface area contributed by atoms with Crippen molar-refractivity contribution in [3.05, 3.63) is 29.8 Å². The lowest BCUT2D eigenvalue weighted by atomic mass is 10.0. The molecule has 0 bridgehead atoms. The smallest absolute Gasteiger partial charge is 0.305 e. The van der Waals surface area contributed by atoms with Crippen LogP contribution in [0.3, 0.4) is 0 Å². The van der Waals surface area contributed by atoms with Crippen LogP contribution in [0.5, 0.6) is 5.75 Å². The van der Waals surface area contributed by atoms with Crippen molar-refractivity contribution in [3.8, 4) is 5.75 Å². The quantitative estimate of drug-likeness (QED) is 0.114. The standard InChI is InChI=1S/C29H50O6/c1-3-5-7-9-10-11-13-27-15-17-28(18-16-27)34-25-23-32-21-19-31-20-22-33-24-26-35-29(30)14-12-8-6-4-2/h15-18H,3-14,19-26H2,1-2H3. The van der Waals surface area contributed by atoms with Gasteiger partial charge in [-0.1, -0.05) is 77.3 Å². The molecule has 0 amide bonds. The normalized spacial score (nSPS) is 11.0. The summed E-state index contributed by atoms with van der Waals surface area (Å²) in [5, 5.41) is 0. The fourth-order valence-electron chi connectivity index (χ4n) is 3.60. The third-order valence-electron chi connectivity index (χ3n) is 5.71. The molecule has 35 heavy (non-hydrogen) atoms. The van der Waals surface area contributed by atoms with Crippen LogP contribution in [0.15, 0.2) is 24.3 Å². The van der Waals surface area contributed by atoms with Gasteiger partial charge in [-0.3, -0.25) is 4.79 Å². The SMILES string of the molecule is CCCCCCCCc1ccc(OCCOCCOCCOCCOC(=O)CCCCCC)cc1. The second-order valence-electron chi connectivity index (χ2n) is 8.88. The molecular weight excluding hydrogens is 444 g/mol. The van der Waals surface area contributed by atoms with Gasteiger partial charge in [-0.05, 0) is 37.0 Å². The van der Waals surface area contributed by atoms with Gasteiger partial charge in [0.05, 0.1) is 39.6 Å². The molecule has 0 saturated heterocycles. The van der Waals surface area contributed by atoms with Crippen LogP contribution in [0, 0.1) is 0 Å². The lowest BCUT2D eigenvalue weighted by Gasteiger charge is -2.09. The van der Waals surface area contributed by atoms with Gasteiger partial charge in [-0.2, -0.15) is 0 Å². The lowest BCUT2D eigenvalue weighted by Crippen LogP contribution is -2.14. The summed E-state index contributed by atoms with van der Waals surface area (Å²) in [5.41, 5.74) is 1.38. The zero-order chi connectivity index (χ0) is 25.2. The topological polar surface area (TPSA) is 63.2 Å². The first-order valence-electron chi connectivity index (χ1n) is 13.9. The maximum Gasteiger partial charge on any atom is 0.305 e. The molecule has 0 aliphatic rings. The number of carbonyl (C=O) groups excluding carboxylic acids is 1. The van der Waals surface area contributed by atoms with Crippen molar-refractivity contribution in [1.29, 1.82) is 0 Å². The van der Waals surface area contributed by atoms with E-state index in [1.165, 1.54) is 56.9 Å². The second kappa shape index (κ2) is 24.1. The van der Waals surface area contributed by atoms with Crippen LogP contribution < -0.4 is 4.74 Å². The van der Waals surface area contributed by atoms with Gasteiger partial charge in [0.1, 0.15) is 19.0 Å². The molecule has 6 nitrogen and oxygen atoms in total.